The summed E-state index contributed by atoms with van der Waals surface area (Å²) in [6.07, 6.45) is 9.60. The second-order valence-corrected chi connectivity index (χ2v) is 6.12. The van der Waals surface area contributed by atoms with Gasteiger partial charge in [0.1, 0.15) is 0 Å². The number of pyridine rings is 1. The molecule has 2 heterocycles. The van der Waals surface area contributed by atoms with Gasteiger partial charge in [0.25, 0.3) is 0 Å². The highest BCUT2D eigenvalue weighted by Crippen LogP contribution is 2.24. The highest BCUT2D eigenvalue weighted by Gasteiger charge is 2.22. The van der Waals surface area contributed by atoms with Gasteiger partial charge in [0, 0.05) is 12.1 Å². The Balaban J connectivity index is 1.63. The summed E-state index contributed by atoms with van der Waals surface area (Å²) in [4.78, 5) is 16.6. The minimum absolute atomic E-state index is 0.0969. The van der Waals surface area contributed by atoms with Gasteiger partial charge in [-0.2, -0.15) is 5.10 Å². The zero-order valence-electron chi connectivity index (χ0n) is 13.2. The van der Waals surface area contributed by atoms with Crippen molar-refractivity contribution in [1.82, 2.24) is 20.1 Å². The lowest BCUT2D eigenvalue weighted by molar-refractivity contribution is -0.126. The molecule has 2 aromatic heterocycles. The molecule has 1 fully saturated rings. The van der Waals surface area contributed by atoms with Crippen LogP contribution in [0.1, 0.15) is 50.6 Å². The van der Waals surface area contributed by atoms with Crippen LogP contribution in [0.15, 0.2) is 30.7 Å². The average Bonchev–Trinajstić information content (AvgIpc) is 3.02. The van der Waals surface area contributed by atoms with E-state index in [1.54, 1.807) is 12.3 Å². The summed E-state index contributed by atoms with van der Waals surface area (Å²) in [5.74, 6) is 0.424. The van der Waals surface area contributed by atoms with Crippen molar-refractivity contribution in [1.29, 1.82) is 0 Å². The van der Waals surface area contributed by atoms with E-state index in [9.17, 15) is 9.18 Å². The lowest BCUT2D eigenvalue weighted by Crippen LogP contribution is -2.33. The number of nitrogens with zero attached hydrogens (tertiary/aromatic N) is 3. The van der Waals surface area contributed by atoms with Crippen molar-refractivity contribution in [2.45, 2.75) is 45.1 Å². The first kappa shape index (κ1) is 15.6. The number of carbonyl (C=O) groups is 1. The first-order valence-electron chi connectivity index (χ1n) is 8.10. The van der Waals surface area contributed by atoms with E-state index in [1.165, 1.54) is 17.3 Å². The summed E-state index contributed by atoms with van der Waals surface area (Å²) < 4.78 is 14.4. The zero-order chi connectivity index (χ0) is 16.2. The van der Waals surface area contributed by atoms with Gasteiger partial charge >= 0.3 is 0 Å². The predicted molar refractivity (Wildman–Crippen MR) is 84.4 cm³/mol. The summed E-state index contributed by atoms with van der Waals surface area (Å²) in [5, 5.41) is 6.95. The van der Waals surface area contributed by atoms with Crippen molar-refractivity contribution in [3.8, 4) is 5.82 Å². The molecule has 0 bridgehead atoms. The van der Waals surface area contributed by atoms with Crippen LogP contribution < -0.4 is 5.32 Å². The second kappa shape index (κ2) is 6.89. The lowest BCUT2D eigenvalue weighted by atomic mass is 9.88. The van der Waals surface area contributed by atoms with E-state index in [0.717, 1.165) is 37.4 Å². The van der Waals surface area contributed by atoms with Crippen molar-refractivity contribution < 1.29 is 9.18 Å². The summed E-state index contributed by atoms with van der Waals surface area (Å²) in [5.41, 5.74) is 0.922. The molecule has 0 aliphatic heterocycles. The molecule has 1 amide bonds. The third kappa shape index (κ3) is 3.75. The molecule has 5 nitrogen and oxygen atoms in total. The van der Waals surface area contributed by atoms with Gasteiger partial charge < -0.3 is 5.32 Å². The molecule has 3 rings (SSSR count). The Hall–Kier alpha value is -2.24. The van der Waals surface area contributed by atoms with Crippen LogP contribution in [-0.2, 0) is 4.79 Å². The van der Waals surface area contributed by atoms with Gasteiger partial charge in [-0.05, 0) is 31.4 Å². The third-order valence-electron chi connectivity index (χ3n) is 4.39. The first-order valence-corrected chi connectivity index (χ1v) is 8.10. The largest absolute Gasteiger partial charge is 0.349 e. The van der Waals surface area contributed by atoms with Crippen LogP contribution in [0.3, 0.4) is 0 Å². The van der Waals surface area contributed by atoms with Gasteiger partial charge in [0.05, 0.1) is 18.4 Å². The molecule has 1 unspecified atom stereocenters. The number of amides is 1. The number of aromatic nitrogens is 3. The van der Waals surface area contributed by atoms with E-state index in [4.69, 9.17) is 0 Å². The van der Waals surface area contributed by atoms with E-state index in [2.05, 4.69) is 15.4 Å². The van der Waals surface area contributed by atoms with Crippen molar-refractivity contribution in [3.05, 3.63) is 42.1 Å². The minimum Gasteiger partial charge on any atom is -0.349 e. The Kier molecular flexibility index (Phi) is 4.69. The molecule has 1 N–H and O–H groups in total. The van der Waals surface area contributed by atoms with Gasteiger partial charge in [-0.15, -0.1) is 0 Å². The standard InChI is InChI=1S/C17H21FN4O/c1-12(21-17(23)13-5-3-2-4-6-13)14-7-8-16(19-9-14)22-11-15(18)10-20-22/h7-13H,2-6H2,1H3,(H,21,23). The zero-order valence-corrected chi connectivity index (χ0v) is 13.2. The first-order chi connectivity index (χ1) is 11.1. The molecule has 1 saturated carbocycles. The van der Waals surface area contributed by atoms with Gasteiger partial charge in [0.15, 0.2) is 11.6 Å². The average molecular weight is 316 g/mol. The molecule has 0 radical (unpaired) electrons. The Labute approximate surface area is 134 Å². The highest BCUT2D eigenvalue weighted by atomic mass is 19.1. The third-order valence-corrected chi connectivity index (χ3v) is 4.39. The van der Waals surface area contributed by atoms with Crippen molar-refractivity contribution in [2.75, 3.05) is 0 Å². The van der Waals surface area contributed by atoms with Crippen LogP contribution in [0.2, 0.25) is 0 Å². The monoisotopic (exact) mass is 316 g/mol. The molecule has 1 atom stereocenters. The SMILES string of the molecule is CC(NC(=O)C1CCCCC1)c1ccc(-n2cc(F)cn2)nc1. The maximum absolute atomic E-state index is 13.0. The molecular formula is C17H21FN4O. The summed E-state index contributed by atoms with van der Waals surface area (Å²) in [7, 11) is 0. The smallest absolute Gasteiger partial charge is 0.223 e. The van der Waals surface area contributed by atoms with Gasteiger partial charge in [-0.1, -0.05) is 25.3 Å². The fourth-order valence-electron chi connectivity index (χ4n) is 2.99. The molecule has 1 aliphatic rings. The Morgan fingerprint density at radius 3 is 2.70 bits per heavy atom. The van der Waals surface area contributed by atoms with Crippen molar-refractivity contribution in [3.63, 3.8) is 0 Å². The maximum Gasteiger partial charge on any atom is 0.223 e. The molecule has 0 aromatic carbocycles. The number of hydrogen-bond acceptors (Lipinski definition) is 3. The molecular weight excluding hydrogens is 295 g/mol. The van der Waals surface area contributed by atoms with Gasteiger partial charge in [0.2, 0.25) is 5.91 Å². The van der Waals surface area contributed by atoms with Crippen LogP contribution in [0.4, 0.5) is 4.39 Å². The van der Waals surface area contributed by atoms with E-state index in [1.807, 2.05) is 13.0 Å². The lowest BCUT2D eigenvalue weighted by Gasteiger charge is -2.23. The van der Waals surface area contributed by atoms with E-state index < -0.39 is 5.82 Å². The number of hydrogen-bond donors (Lipinski definition) is 1. The van der Waals surface area contributed by atoms with E-state index in [-0.39, 0.29) is 17.9 Å². The van der Waals surface area contributed by atoms with E-state index >= 15 is 0 Å². The highest BCUT2D eigenvalue weighted by molar-refractivity contribution is 5.79. The second-order valence-electron chi connectivity index (χ2n) is 6.12. The number of nitrogens with one attached hydrogen (secondary N) is 1. The van der Waals surface area contributed by atoms with Crippen LogP contribution in [0.25, 0.3) is 5.82 Å². The summed E-state index contributed by atoms with van der Waals surface area (Å²) in [6, 6.07) is 3.55. The normalized spacial score (nSPS) is 17.0. The van der Waals surface area contributed by atoms with Gasteiger partial charge in [-0.25, -0.2) is 14.1 Å². The predicted octanol–water partition coefficient (Wildman–Crippen LogP) is 3.16. The fraction of sp³-hybridized carbons (Fsp3) is 0.471. The fourth-order valence-corrected chi connectivity index (χ4v) is 2.99. The topological polar surface area (TPSA) is 59.8 Å². The van der Waals surface area contributed by atoms with Crippen molar-refractivity contribution in [2.24, 2.45) is 5.92 Å². The quantitative estimate of drug-likeness (QED) is 0.942. The Morgan fingerprint density at radius 1 is 1.30 bits per heavy atom. The Morgan fingerprint density at radius 2 is 2.09 bits per heavy atom. The molecule has 1 aliphatic carbocycles. The molecule has 0 spiro atoms. The molecule has 2 aromatic rings. The number of rotatable bonds is 4. The van der Waals surface area contributed by atoms with Crippen LogP contribution in [-0.4, -0.2) is 20.7 Å². The molecule has 0 saturated heterocycles. The molecule has 122 valence electrons. The molecule has 23 heavy (non-hydrogen) atoms. The number of carbonyl (C=O) groups excluding carboxylic acids is 1. The van der Waals surface area contributed by atoms with Crippen LogP contribution in [0, 0.1) is 11.7 Å². The number of halogens is 1. The molecule has 6 heteroatoms. The van der Waals surface area contributed by atoms with Crippen molar-refractivity contribution >= 4 is 5.91 Å². The Bertz CT molecular complexity index is 661. The van der Waals surface area contributed by atoms with Crippen LogP contribution >= 0.6 is 0 Å². The van der Waals surface area contributed by atoms with E-state index in [0.29, 0.717) is 5.82 Å². The minimum atomic E-state index is -0.399. The maximum atomic E-state index is 13.0. The van der Waals surface area contributed by atoms with Crippen LogP contribution in [0.5, 0.6) is 0 Å². The van der Waals surface area contributed by atoms with Gasteiger partial charge in [-0.3, -0.25) is 4.79 Å². The summed E-state index contributed by atoms with van der Waals surface area (Å²) >= 11 is 0. The summed E-state index contributed by atoms with van der Waals surface area (Å²) in [6.45, 7) is 1.95.